The Labute approximate surface area is 55.6 Å². The highest BCUT2D eigenvalue weighted by molar-refractivity contribution is 6.17. The van der Waals surface area contributed by atoms with E-state index in [1.165, 1.54) is 19.4 Å². The zero-order valence-corrected chi connectivity index (χ0v) is 5.99. The Morgan fingerprint density at radius 3 is 2.62 bits per heavy atom. The second-order valence-electron chi connectivity index (χ2n) is 2.60. The van der Waals surface area contributed by atoms with Crippen LogP contribution < -0.4 is 0 Å². The summed E-state index contributed by atoms with van der Waals surface area (Å²) in [4.78, 5) is 2.15. The van der Waals surface area contributed by atoms with Crippen molar-refractivity contribution in [1.29, 1.82) is 0 Å². The fraction of sp³-hybridized carbons (Fsp3) is 1.00. The molecule has 1 aliphatic carbocycles. The number of nitrogens with zero attached hydrogens (tertiary/aromatic N) is 1. The third-order valence-electron chi connectivity index (χ3n) is 1.47. The fourth-order valence-electron chi connectivity index (χ4n) is 0.790. The summed E-state index contributed by atoms with van der Waals surface area (Å²) in [6.45, 7) is 1.20. The van der Waals surface area contributed by atoms with Crippen molar-refractivity contribution in [2.45, 2.75) is 12.8 Å². The molecule has 0 amide bonds. The molecule has 2 heteroatoms. The maximum absolute atomic E-state index is 5.55. The van der Waals surface area contributed by atoms with Crippen molar-refractivity contribution in [2.24, 2.45) is 5.92 Å². The Bertz CT molecular complexity index is 70.9. The van der Waals surface area contributed by atoms with Gasteiger partial charge in [-0.2, -0.15) is 0 Å². The summed E-state index contributed by atoms with van der Waals surface area (Å²) in [6, 6.07) is 0.677. The second-order valence-corrected chi connectivity index (χ2v) is 2.84. The molecule has 0 heterocycles. The summed E-state index contributed by atoms with van der Waals surface area (Å²) >= 11 is 5.55. The van der Waals surface area contributed by atoms with Gasteiger partial charge in [-0.3, -0.25) is 4.90 Å². The van der Waals surface area contributed by atoms with Gasteiger partial charge in [-0.1, -0.05) is 0 Å². The summed E-state index contributed by atoms with van der Waals surface area (Å²) in [6.07, 6.45) is 2.84. The maximum Gasteiger partial charge on any atom is 0.0736 e. The largest absolute Gasteiger partial charge is 0.293 e. The van der Waals surface area contributed by atoms with E-state index in [1.807, 2.05) is 0 Å². The smallest absolute Gasteiger partial charge is 0.0736 e. The van der Waals surface area contributed by atoms with Crippen LogP contribution in [-0.2, 0) is 0 Å². The van der Waals surface area contributed by atoms with Crippen LogP contribution in [0.15, 0.2) is 0 Å². The minimum absolute atomic E-state index is 0.677. The van der Waals surface area contributed by atoms with Gasteiger partial charge >= 0.3 is 0 Å². The lowest BCUT2D eigenvalue weighted by Gasteiger charge is -2.09. The average molecular weight is 134 g/mol. The first kappa shape index (κ1) is 6.37. The Kier molecular flexibility index (Phi) is 2.15. The van der Waals surface area contributed by atoms with Crippen LogP contribution in [0.4, 0.5) is 0 Å². The highest BCUT2D eigenvalue weighted by atomic mass is 35.5. The van der Waals surface area contributed by atoms with Gasteiger partial charge in [0.05, 0.1) is 6.00 Å². The summed E-state index contributed by atoms with van der Waals surface area (Å²) < 4.78 is 0. The van der Waals surface area contributed by atoms with Gasteiger partial charge in [-0.15, -0.1) is 11.6 Å². The number of hydrogen-bond donors (Lipinski definition) is 0. The first-order chi connectivity index (χ1) is 3.83. The average Bonchev–Trinajstić information content (AvgIpc) is 2.50. The van der Waals surface area contributed by atoms with Gasteiger partial charge in [0.15, 0.2) is 0 Å². The maximum atomic E-state index is 5.55. The van der Waals surface area contributed by atoms with Gasteiger partial charge in [0, 0.05) is 6.54 Å². The highest BCUT2D eigenvalue weighted by Gasteiger charge is 2.21. The van der Waals surface area contributed by atoms with Crippen molar-refractivity contribution in [2.75, 3.05) is 19.6 Å². The molecule has 0 aromatic heterocycles. The molecule has 0 aromatic rings. The third kappa shape index (κ3) is 2.01. The molecule has 1 saturated carbocycles. The molecule has 0 unspecified atom stereocenters. The molecule has 48 valence electrons. The van der Waals surface area contributed by atoms with Crippen LogP contribution in [0.1, 0.15) is 12.8 Å². The molecule has 0 bridgehead atoms. The molecule has 1 nitrogen and oxygen atoms in total. The topological polar surface area (TPSA) is 3.24 Å². The predicted molar refractivity (Wildman–Crippen MR) is 36.1 cm³/mol. The molecular formula is C6H12ClN. The zero-order valence-electron chi connectivity index (χ0n) is 5.23. The molecule has 0 spiro atoms. The van der Waals surface area contributed by atoms with E-state index in [0.717, 1.165) is 5.92 Å². The standard InChI is InChI=1S/C6H12ClN/c1-8(5-7)4-6-2-3-6/h6H,2-5H2,1H3. The van der Waals surface area contributed by atoms with Gasteiger partial charge in [-0.25, -0.2) is 0 Å². The van der Waals surface area contributed by atoms with Crippen molar-refractivity contribution in [3.8, 4) is 0 Å². The highest BCUT2D eigenvalue weighted by Crippen LogP contribution is 2.29. The van der Waals surface area contributed by atoms with E-state index in [-0.39, 0.29) is 0 Å². The van der Waals surface area contributed by atoms with E-state index in [4.69, 9.17) is 11.6 Å². The van der Waals surface area contributed by atoms with E-state index in [1.54, 1.807) is 0 Å². The number of hydrogen-bond acceptors (Lipinski definition) is 1. The minimum atomic E-state index is 0.677. The minimum Gasteiger partial charge on any atom is -0.293 e. The molecule has 0 aliphatic heterocycles. The molecule has 1 rings (SSSR count). The van der Waals surface area contributed by atoms with Crippen molar-refractivity contribution >= 4 is 11.6 Å². The molecule has 8 heavy (non-hydrogen) atoms. The van der Waals surface area contributed by atoms with Gasteiger partial charge in [0.2, 0.25) is 0 Å². The van der Waals surface area contributed by atoms with Crippen LogP contribution in [0, 0.1) is 5.92 Å². The number of alkyl halides is 1. The van der Waals surface area contributed by atoms with E-state index < -0.39 is 0 Å². The first-order valence-corrected chi connectivity index (χ1v) is 3.61. The van der Waals surface area contributed by atoms with E-state index >= 15 is 0 Å². The number of halogens is 1. The summed E-state index contributed by atoms with van der Waals surface area (Å²) in [5.74, 6) is 0.971. The van der Waals surface area contributed by atoms with Crippen molar-refractivity contribution in [3.05, 3.63) is 0 Å². The van der Waals surface area contributed by atoms with Gasteiger partial charge in [0.25, 0.3) is 0 Å². The van der Waals surface area contributed by atoms with Crippen LogP contribution in [0.3, 0.4) is 0 Å². The molecule has 1 fully saturated rings. The quantitative estimate of drug-likeness (QED) is 0.417. The second kappa shape index (κ2) is 2.70. The fourth-order valence-corrected chi connectivity index (χ4v) is 0.888. The molecule has 0 atom stereocenters. The van der Waals surface area contributed by atoms with Crippen molar-refractivity contribution in [1.82, 2.24) is 4.90 Å². The Balaban J connectivity index is 1.98. The molecule has 0 N–H and O–H groups in total. The number of rotatable bonds is 3. The monoisotopic (exact) mass is 133 g/mol. The third-order valence-corrected chi connectivity index (χ3v) is 1.88. The first-order valence-electron chi connectivity index (χ1n) is 3.07. The Morgan fingerprint density at radius 2 is 2.25 bits per heavy atom. The van der Waals surface area contributed by atoms with Gasteiger partial charge in [-0.05, 0) is 25.8 Å². The Morgan fingerprint density at radius 1 is 1.62 bits per heavy atom. The van der Waals surface area contributed by atoms with E-state index in [0.29, 0.717) is 6.00 Å². The van der Waals surface area contributed by atoms with E-state index in [2.05, 4.69) is 11.9 Å². The summed E-state index contributed by atoms with van der Waals surface area (Å²) in [5, 5.41) is 0. The lowest BCUT2D eigenvalue weighted by Crippen LogP contribution is -2.18. The van der Waals surface area contributed by atoms with Crippen molar-refractivity contribution in [3.63, 3.8) is 0 Å². The summed E-state index contributed by atoms with van der Waals surface area (Å²) in [7, 11) is 2.06. The predicted octanol–water partition coefficient (Wildman–Crippen LogP) is 1.52. The lowest BCUT2D eigenvalue weighted by atomic mass is 10.4. The zero-order chi connectivity index (χ0) is 5.98. The van der Waals surface area contributed by atoms with Crippen molar-refractivity contribution < 1.29 is 0 Å². The normalized spacial score (nSPS) is 19.9. The molecule has 0 saturated heterocycles. The SMILES string of the molecule is CN(CCl)CC1CC1. The van der Waals surface area contributed by atoms with Crippen LogP contribution >= 0.6 is 11.6 Å². The lowest BCUT2D eigenvalue weighted by molar-refractivity contribution is 0.371. The van der Waals surface area contributed by atoms with Gasteiger partial charge in [0.1, 0.15) is 0 Å². The molecule has 0 aromatic carbocycles. The molecule has 0 radical (unpaired) electrons. The van der Waals surface area contributed by atoms with Crippen LogP contribution in [0.2, 0.25) is 0 Å². The van der Waals surface area contributed by atoms with E-state index in [9.17, 15) is 0 Å². The summed E-state index contributed by atoms with van der Waals surface area (Å²) in [5.41, 5.74) is 0. The van der Waals surface area contributed by atoms with Gasteiger partial charge < -0.3 is 0 Å². The van der Waals surface area contributed by atoms with Crippen LogP contribution in [-0.4, -0.2) is 24.5 Å². The van der Waals surface area contributed by atoms with Crippen LogP contribution in [0.25, 0.3) is 0 Å². The molecular weight excluding hydrogens is 122 g/mol. The van der Waals surface area contributed by atoms with Crippen LogP contribution in [0.5, 0.6) is 0 Å². The molecule has 1 aliphatic rings. The Hall–Kier alpha value is 0.250.